The predicted octanol–water partition coefficient (Wildman–Crippen LogP) is 4.51. The number of carboxylic acids is 1. The maximum atomic E-state index is 12.7. The number of ether oxygens (including phenoxy) is 2. The fourth-order valence-corrected chi connectivity index (χ4v) is 3.93. The van der Waals surface area contributed by atoms with Gasteiger partial charge in [0.2, 0.25) is 0 Å². The number of benzene rings is 2. The van der Waals surface area contributed by atoms with E-state index in [2.05, 4.69) is 10.3 Å². The summed E-state index contributed by atoms with van der Waals surface area (Å²) in [7, 11) is 3.19. The molecule has 0 aliphatic carbocycles. The zero-order valence-corrected chi connectivity index (χ0v) is 17.6. The van der Waals surface area contributed by atoms with E-state index in [1.54, 1.807) is 34.1 Å². The van der Waals surface area contributed by atoms with Gasteiger partial charge in [0.15, 0.2) is 0 Å². The van der Waals surface area contributed by atoms with E-state index in [-0.39, 0.29) is 11.5 Å². The number of aromatic carboxylic acids is 1. The molecule has 0 spiro atoms. The summed E-state index contributed by atoms with van der Waals surface area (Å²) < 4.78 is 10.8. The second-order valence-electron chi connectivity index (χ2n) is 7.31. The minimum Gasteiger partial charge on any atom is -0.497 e. The number of aromatic amines is 1. The van der Waals surface area contributed by atoms with Crippen molar-refractivity contribution in [3.63, 3.8) is 0 Å². The molecule has 4 rings (SSSR count). The number of fused-ring (bicyclic) bond motifs is 1. The molecule has 3 aromatic rings. The Balaban J connectivity index is 1.76. The van der Waals surface area contributed by atoms with Gasteiger partial charge in [-0.05, 0) is 49.2 Å². The molecule has 1 aromatic heterocycles. The SMILES string of the molecule is COc1ccc(-c2ccc3c(c2)NC(=O)/C3=C\c2[nH]c(C)c(C(=O)O)c2C)c(OC)c1. The Morgan fingerprint density at radius 1 is 1.03 bits per heavy atom. The van der Waals surface area contributed by atoms with Gasteiger partial charge in [0.25, 0.3) is 5.91 Å². The Labute approximate surface area is 179 Å². The van der Waals surface area contributed by atoms with Crippen LogP contribution in [0.1, 0.15) is 32.9 Å². The highest BCUT2D eigenvalue weighted by atomic mass is 16.5. The Morgan fingerprint density at radius 3 is 2.42 bits per heavy atom. The van der Waals surface area contributed by atoms with E-state index in [4.69, 9.17) is 9.47 Å². The summed E-state index contributed by atoms with van der Waals surface area (Å²) in [5.74, 6) is 0.123. The molecule has 2 aromatic carbocycles. The quantitative estimate of drug-likeness (QED) is 0.530. The molecule has 7 nitrogen and oxygen atoms in total. The van der Waals surface area contributed by atoms with E-state index in [0.29, 0.717) is 39.7 Å². The van der Waals surface area contributed by atoms with Crippen molar-refractivity contribution in [1.82, 2.24) is 4.98 Å². The summed E-state index contributed by atoms with van der Waals surface area (Å²) >= 11 is 0. The number of H-pyrrole nitrogens is 1. The number of amides is 1. The van der Waals surface area contributed by atoms with Crippen molar-refractivity contribution in [2.75, 3.05) is 19.5 Å². The number of hydrogen-bond donors (Lipinski definition) is 3. The van der Waals surface area contributed by atoms with Gasteiger partial charge in [0.1, 0.15) is 11.5 Å². The van der Waals surface area contributed by atoms with Gasteiger partial charge in [0.05, 0.1) is 25.4 Å². The van der Waals surface area contributed by atoms with Crippen LogP contribution in [0.4, 0.5) is 5.69 Å². The fraction of sp³-hybridized carbons (Fsp3) is 0.167. The first-order chi connectivity index (χ1) is 14.8. The van der Waals surface area contributed by atoms with E-state index < -0.39 is 5.97 Å². The van der Waals surface area contributed by atoms with Gasteiger partial charge in [-0.3, -0.25) is 4.79 Å². The second kappa shape index (κ2) is 7.68. The van der Waals surface area contributed by atoms with E-state index >= 15 is 0 Å². The van der Waals surface area contributed by atoms with Crippen LogP contribution in [0, 0.1) is 13.8 Å². The molecule has 0 fully saturated rings. The van der Waals surface area contributed by atoms with Crippen molar-refractivity contribution in [1.29, 1.82) is 0 Å². The average Bonchev–Trinajstić information content (AvgIpc) is 3.21. The maximum Gasteiger partial charge on any atom is 0.337 e. The van der Waals surface area contributed by atoms with Crippen LogP contribution in [0.15, 0.2) is 36.4 Å². The molecule has 3 N–H and O–H groups in total. The summed E-state index contributed by atoms with van der Waals surface area (Å²) in [6.07, 6.45) is 1.70. The lowest BCUT2D eigenvalue weighted by Gasteiger charge is -2.11. The Hall–Kier alpha value is -4.00. The third-order valence-corrected chi connectivity index (χ3v) is 5.50. The molecule has 0 unspecified atom stereocenters. The third-order valence-electron chi connectivity index (χ3n) is 5.50. The summed E-state index contributed by atoms with van der Waals surface area (Å²) in [4.78, 5) is 27.2. The van der Waals surface area contributed by atoms with E-state index in [9.17, 15) is 14.7 Å². The number of aromatic nitrogens is 1. The monoisotopic (exact) mass is 418 g/mol. The molecule has 0 saturated carbocycles. The normalized spacial score (nSPS) is 13.8. The van der Waals surface area contributed by atoms with Crippen LogP contribution in [0.5, 0.6) is 11.5 Å². The maximum absolute atomic E-state index is 12.7. The fourth-order valence-electron chi connectivity index (χ4n) is 3.93. The molecule has 1 aliphatic rings. The highest BCUT2D eigenvalue weighted by molar-refractivity contribution is 6.35. The van der Waals surface area contributed by atoms with Crippen LogP contribution < -0.4 is 14.8 Å². The van der Waals surface area contributed by atoms with Crippen LogP contribution in [0.2, 0.25) is 0 Å². The van der Waals surface area contributed by atoms with Crippen LogP contribution >= 0.6 is 0 Å². The van der Waals surface area contributed by atoms with Crippen LogP contribution in [-0.2, 0) is 4.79 Å². The van der Waals surface area contributed by atoms with E-state index in [1.165, 1.54) is 0 Å². The zero-order valence-electron chi connectivity index (χ0n) is 17.6. The van der Waals surface area contributed by atoms with Gasteiger partial charge >= 0.3 is 5.97 Å². The number of methoxy groups -OCH3 is 2. The molecule has 1 amide bonds. The summed E-state index contributed by atoms with van der Waals surface area (Å²) in [5, 5.41) is 12.3. The van der Waals surface area contributed by atoms with Crippen molar-refractivity contribution >= 4 is 29.2 Å². The molecular weight excluding hydrogens is 396 g/mol. The molecule has 0 bridgehead atoms. The number of carbonyl (C=O) groups is 2. The lowest BCUT2D eigenvalue weighted by atomic mass is 9.99. The number of nitrogens with one attached hydrogen (secondary N) is 2. The van der Waals surface area contributed by atoms with Crippen molar-refractivity contribution in [3.8, 4) is 22.6 Å². The molecule has 0 radical (unpaired) electrons. The third kappa shape index (κ3) is 3.44. The smallest absolute Gasteiger partial charge is 0.337 e. The Bertz CT molecular complexity index is 1250. The lowest BCUT2D eigenvalue weighted by molar-refractivity contribution is -0.110. The Kier molecular flexibility index (Phi) is 5.02. The second-order valence-corrected chi connectivity index (χ2v) is 7.31. The minimum absolute atomic E-state index is 0.229. The average molecular weight is 418 g/mol. The standard InChI is InChI=1S/C24H22N2O5/c1-12-19(25-13(2)22(12)24(28)29)11-18-17-7-5-14(9-20(17)26-23(18)27)16-8-6-15(30-3)10-21(16)31-4/h5-11,25H,1-4H3,(H,26,27)(H,28,29)/b18-11-. The number of carbonyl (C=O) groups excluding carboxylic acids is 1. The number of rotatable bonds is 5. The minimum atomic E-state index is -0.995. The predicted molar refractivity (Wildman–Crippen MR) is 119 cm³/mol. The van der Waals surface area contributed by atoms with Crippen LogP contribution in [0.3, 0.4) is 0 Å². The molecule has 31 heavy (non-hydrogen) atoms. The summed E-state index contributed by atoms with van der Waals surface area (Å²) in [6, 6.07) is 11.3. The van der Waals surface area contributed by atoms with Crippen molar-refractivity contribution in [3.05, 3.63) is 64.5 Å². The van der Waals surface area contributed by atoms with Crippen LogP contribution in [-0.4, -0.2) is 36.2 Å². The molecule has 1 aliphatic heterocycles. The molecule has 0 atom stereocenters. The number of carboxylic acid groups (broad SMARTS) is 1. The molecular formula is C24H22N2O5. The van der Waals surface area contributed by atoms with Crippen LogP contribution in [0.25, 0.3) is 22.8 Å². The first kappa shape index (κ1) is 20.3. The number of anilines is 1. The van der Waals surface area contributed by atoms with E-state index in [1.807, 2.05) is 36.4 Å². The van der Waals surface area contributed by atoms with Crippen molar-refractivity contribution < 1.29 is 24.2 Å². The molecule has 0 saturated heterocycles. The molecule has 158 valence electrons. The van der Waals surface area contributed by atoms with Gasteiger partial charge in [-0.15, -0.1) is 0 Å². The summed E-state index contributed by atoms with van der Waals surface area (Å²) in [6.45, 7) is 3.43. The highest BCUT2D eigenvalue weighted by Gasteiger charge is 2.26. The summed E-state index contributed by atoms with van der Waals surface area (Å²) in [5.41, 5.74) is 5.66. The number of hydrogen-bond acceptors (Lipinski definition) is 4. The highest BCUT2D eigenvalue weighted by Crippen LogP contribution is 2.39. The van der Waals surface area contributed by atoms with Gasteiger partial charge < -0.3 is 24.9 Å². The van der Waals surface area contributed by atoms with Gasteiger partial charge in [-0.25, -0.2) is 4.79 Å². The van der Waals surface area contributed by atoms with Crippen molar-refractivity contribution in [2.24, 2.45) is 0 Å². The molecule has 2 heterocycles. The lowest BCUT2D eigenvalue weighted by Crippen LogP contribution is -2.03. The zero-order chi connectivity index (χ0) is 22.3. The number of aryl methyl sites for hydroxylation is 1. The van der Waals surface area contributed by atoms with Crippen molar-refractivity contribution in [2.45, 2.75) is 13.8 Å². The largest absolute Gasteiger partial charge is 0.497 e. The van der Waals surface area contributed by atoms with Gasteiger partial charge in [-0.2, -0.15) is 0 Å². The van der Waals surface area contributed by atoms with Gasteiger partial charge in [-0.1, -0.05) is 12.1 Å². The Morgan fingerprint density at radius 2 is 1.77 bits per heavy atom. The van der Waals surface area contributed by atoms with Gasteiger partial charge in [0, 0.05) is 34.3 Å². The first-order valence-corrected chi connectivity index (χ1v) is 9.66. The molecule has 7 heteroatoms. The topological polar surface area (TPSA) is 101 Å². The first-order valence-electron chi connectivity index (χ1n) is 9.66. The van der Waals surface area contributed by atoms with E-state index in [0.717, 1.165) is 16.7 Å².